The van der Waals surface area contributed by atoms with E-state index in [0.717, 1.165) is 23.1 Å². The number of hydrogen-bond donors (Lipinski definition) is 1. The van der Waals surface area contributed by atoms with Gasteiger partial charge in [0.1, 0.15) is 0 Å². The molecule has 0 fully saturated rings. The van der Waals surface area contributed by atoms with Crippen molar-refractivity contribution in [3.8, 4) is 0 Å². The first-order valence-corrected chi connectivity index (χ1v) is 9.81. The van der Waals surface area contributed by atoms with Crippen LogP contribution >= 0.6 is 0 Å². The van der Waals surface area contributed by atoms with E-state index in [-0.39, 0.29) is 17.3 Å². The van der Waals surface area contributed by atoms with Crippen molar-refractivity contribution >= 4 is 20.9 Å². The van der Waals surface area contributed by atoms with E-state index >= 15 is 0 Å². The van der Waals surface area contributed by atoms with Crippen molar-refractivity contribution in [1.29, 1.82) is 0 Å². The quantitative estimate of drug-likeness (QED) is 0.508. The lowest BCUT2D eigenvalue weighted by atomic mass is 9.86. The predicted octanol–water partition coefficient (Wildman–Crippen LogP) is 2.05. The monoisotopic (exact) mass is 352 g/mol. The molecule has 0 saturated carbocycles. The van der Waals surface area contributed by atoms with E-state index in [1.165, 1.54) is 0 Å². The first kappa shape index (κ1) is 18.4. The predicted molar refractivity (Wildman–Crippen MR) is 94.0 cm³/mol. The second-order valence-corrected chi connectivity index (χ2v) is 9.30. The van der Waals surface area contributed by atoms with E-state index in [2.05, 4.69) is 57.8 Å². The number of nitrogens with zero attached hydrogens (tertiary/aromatic N) is 4. The fourth-order valence-corrected chi connectivity index (χ4v) is 3.03. The summed E-state index contributed by atoms with van der Waals surface area (Å²) in [7, 11) is 0.869. The largest absolute Gasteiger partial charge is 0.282 e. The molecule has 132 valence electrons. The summed E-state index contributed by atoms with van der Waals surface area (Å²) in [4.78, 5) is 0. The van der Waals surface area contributed by atoms with Crippen LogP contribution in [-0.2, 0) is 23.9 Å². The van der Waals surface area contributed by atoms with E-state index in [4.69, 9.17) is 0 Å². The van der Waals surface area contributed by atoms with Gasteiger partial charge in [0.2, 0.25) is 0 Å². The van der Waals surface area contributed by atoms with Gasteiger partial charge in [-0.2, -0.15) is 5.11 Å². The molecule has 0 saturated heterocycles. The second-order valence-electron chi connectivity index (χ2n) is 7.19. The Morgan fingerprint density at radius 1 is 1.29 bits per heavy atom. The third-order valence-corrected chi connectivity index (χ3v) is 4.55. The van der Waals surface area contributed by atoms with Gasteiger partial charge in [-0.1, -0.05) is 38.1 Å². The molecule has 2 rings (SSSR count). The van der Waals surface area contributed by atoms with E-state index in [9.17, 15) is 8.42 Å². The lowest BCUT2D eigenvalue weighted by Gasteiger charge is -2.27. The van der Waals surface area contributed by atoms with Crippen LogP contribution in [0.1, 0.15) is 32.6 Å². The van der Waals surface area contributed by atoms with Crippen LogP contribution in [0.2, 0.25) is 0 Å². The third kappa shape index (κ3) is 3.92. The Labute approximate surface area is 143 Å². The minimum atomic E-state index is -3.17. The number of para-hydroxylation sites is 2. The minimum Gasteiger partial charge on any atom is -0.276 e. The van der Waals surface area contributed by atoms with Crippen molar-refractivity contribution < 1.29 is 13.0 Å². The van der Waals surface area contributed by atoms with Gasteiger partial charge in [-0.3, -0.25) is 5.43 Å². The van der Waals surface area contributed by atoms with Crippen molar-refractivity contribution in [2.75, 3.05) is 12.1 Å². The van der Waals surface area contributed by atoms with Crippen LogP contribution in [0.15, 0.2) is 34.6 Å². The highest BCUT2D eigenvalue weighted by Crippen LogP contribution is 2.32. The van der Waals surface area contributed by atoms with Crippen LogP contribution in [0.3, 0.4) is 0 Å². The molecular weight excluding hydrogens is 326 g/mol. The van der Waals surface area contributed by atoms with Crippen LogP contribution in [0.5, 0.6) is 0 Å². The SMILES string of the molecule is Cn1c(C(NN=NCS(C)(=O)=O)C(C)(C)C)[n+](C)c2ccccc21. The highest BCUT2D eigenvalue weighted by molar-refractivity contribution is 7.90. The van der Waals surface area contributed by atoms with Gasteiger partial charge in [0.05, 0.1) is 14.1 Å². The molecule has 24 heavy (non-hydrogen) atoms. The summed E-state index contributed by atoms with van der Waals surface area (Å²) in [5.74, 6) is 0.722. The zero-order chi connectivity index (χ0) is 18.1. The van der Waals surface area contributed by atoms with E-state index in [0.29, 0.717) is 0 Å². The van der Waals surface area contributed by atoms with Crippen molar-refractivity contribution in [2.24, 2.45) is 29.8 Å². The van der Waals surface area contributed by atoms with Gasteiger partial charge in [-0.15, -0.1) is 0 Å². The number of hydrogen-bond acceptors (Lipinski definition) is 4. The molecule has 0 radical (unpaired) electrons. The molecule has 1 heterocycles. The average Bonchev–Trinajstić information content (AvgIpc) is 2.70. The molecule has 0 spiro atoms. The first-order valence-electron chi connectivity index (χ1n) is 7.75. The maximum atomic E-state index is 11.2. The summed E-state index contributed by atoms with van der Waals surface area (Å²) in [6.45, 7) is 6.32. The molecule has 8 heteroatoms. The molecular formula is C16H26N5O2S+. The Balaban J connectivity index is 2.43. The fourth-order valence-electron chi connectivity index (χ4n) is 2.76. The Morgan fingerprint density at radius 2 is 1.92 bits per heavy atom. The summed E-state index contributed by atoms with van der Waals surface area (Å²) in [5, 5.41) is 7.66. The number of nitrogens with one attached hydrogen (secondary N) is 1. The maximum absolute atomic E-state index is 11.2. The number of imidazole rings is 1. The Bertz CT molecular complexity index is 823. The van der Waals surface area contributed by atoms with Gasteiger partial charge < -0.3 is 0 Å². The molecule has 0 aliphatic rings. The number of benzene rings is 1. The van der Waals surface area contributed by atoms with E-state index in [1.807, 2.05) is 26.2 Å². The number of aromatic nitrogens is 2. The van der Waals surface area contributed by atoms with Crippen molar-refractivity contribution in [3.63, 3.8) is 0 Å². The van der Waals surface area contributed by atoms with Crippen molar-refractivity contribution in [3.05, 3.63) is 30.1 Å². The molecule has 0 bridgehead atoms. The molecule has 7 nitrogen and oxygen atoms in total. The smallest absolute Gasteiger partial charge is 0.276 e. The fraction of sp³-hybridized carbons (Fsp3) is 0.562. The summed E-state index contributed by atoms with van der Waals surface area (Å²) in [6.07, 6.45) is 1.14. The molecule has 0 aliphatic heterocycles. The first-order chi connectivity index (χ1) is 11.0. The van der Waals surface area contributed by atoms with Gasteiger partial charge in [0, 0.05) is 6.26 Å². The Hall–Kier alpha value is -1.96. The Morgan fingerprint density at radius 3 is 2.46 bits per heavy atom. The van der Waals surface area contributed by atoms with E-state index in [1.54, 1.807) is 0 Å². The third-order valence-electron chi connectivity index (χ3n) is 3.97. The van der Waals surface area contributed by atoms with Gasteiger partial charge in [-0.05, 0) is 17.5 Å². The van der Waals surface area contributed by atoms with Gasteiger partial charge in [0.15, 0.2) is 32.8 Å². The minimum absolute atomic E-state index is 0.136. The maximum Gasteiger partial charge on any atom is 0.282 e. The molecule has 1 unspecified atom stereocenters. The molecule has 1 N–H and O–H groups in total. The highest BCUT2D eigenvalue weighted by Gasteiger charge is 2.37. The van der Waals surface area contributed by atoms with Crippen LogP contribution in [0.4, 0.5) is 0 Å². The average molecular weight is 352 g/mol. The topological polar surface area (TPSA) is 79.7 Å². The molecule has 2 aromatic rings. The molecule has 1 aromatic heterocycles. The summed E-state index contributed by atoms with van der Waals surface area (Å²) >= 11 is 0. The van der Waals surface area contributed by atoms with Crippen LogP contribution in [0.25, 0.3) is 11.0 Å². The second kappa shape index (κ2) is 6.51. The van der Waals surface area contributed by atoms with Crippen LogP contribution in [0, 0.1) is 5.41 Å². The van der Waals surface area contributed by atoms with Gasteiger partial charge in [0.25, 0.3) is 5.82 Å². The zero-order valence-corrected chi connectivity index (χ0v) is 15.9. The van der Waals surface area contributed by atoms with Crippen LogP contribution < -0.4 is 9.99 Å². The number of aryl methyl sites for hydroxylation is 2. The standard InChI is InChI=1S/C16H26N5O2S/c1-16(2,3)14(18-19-17-11-24(6,22)23)15-20(4)12-9-7-8-10-13(12)21(15)5/h7-10,14H,11H2,1-6H3,(H,17,18)/q+1. The summed E-state index contributed by atoms with van der Waals surface area (Å²) < 4.78 is 26.6. The van der Waals surface area contributed by atoms with Crippen LogP contribution in [-0.4, -0.2) is 25.1 Å². The van der Waals surface area contributed by atoms with Crippen molar-refractivity contribution in [2.45, 2.75) is 26.8 Å². The van der Waals surface area contributed by atoms with Gasteiger partial charge in [-0.25, -0.2) is 17.6 Å². The number of rotatable bonds is 5. The zero-order valence-electron chi connectivity index (χ0n) is 15.1. The van der Waals surface area contributed by atoms with Crippen molar-refractivity contribution in [1.82, 2.24) is 9.99 Å². The summed E-state index contributed by atoms with van der Waals surface area (Å²) in [5.41, 5.74) is 5.14. The molecule has 0 amide bonds. The number of sulfone groups is 1. The molecule has 1 atom stereocenters. The normalized spacial score (nSPS) is 14.4. The molecule has 0 aliphatic carbocycles. The lowest BCUT2D eigenvalue weighted by molar-refractivity contribution is -0.656. The summed E-state index contributed by atoms with van der Waals surface area (Å²) in [6, 6.07) is 8.03. The highest BCUT2D eigenvalue weighted by atomic mass is 32.2. The number of fused-ring (bicyclic) bond motifs is 1. The lowest BCUT2D eigenvalue weighted by Crippen LogP contribution is -2.42. The van der Waals surface area contributed by atoms with Gasteiger partial charge >= 0.3 is 0 Å². The van der Waals surface area contributed by atoms with E-state index < -0.39 is 9.84 Å². The molecule has 1 aromatic carbocycles. The Kier molecular flexibility index (Phi) is 4.98.